The van der Waals surface area contributed by atoms with Crippen molar-refractivity contribution in [2.75, 3.05) is 19.4 Å². The van der Waals surface area contributed by atoms with Crippen molar-refractivity contribution in [2.24, 2.45) is 5.92 Å². The highest BCUT2D eigenvalue weighted by Gasteiger charge is 2.36. The SMILES string of the molecule is CCCC1CC1Nc1ccccc1S(=O)(=O)N(C)C. The summed E-state index contributed by atoms with van der Waals surface area (Å²) >= 11 is 0. The Labute approximate surface area is 115 Å². The molecule has 1 fully saturated rings. The number of nitrogens with one attached hydrogen (secondary N) is 1. The molecule has 1 aromatic carbocycles. The maximum atomic E-state index is 12.2. The molecule has 2 unspecified atom stereocenters. The number of para-hydroxylation sites is 1. The van der Waals surface area contributed by atoms with Gasteiger partial charge in [-0.3, -0.25) is 0 Å². The predicted octanol–water partition coefficient (Wildman–Crippen LogP) is 2.54. The molecule has 1 aliphatic rings. The van der Waals surface area contributed by atoms with E-state index in [1.165, 1.54) is 17.1 Å². The van der Waals surface area contributed by atoms with E-state index in [-0.39, 0.29) is 0 Å². The van der Waals surface area contributed by atoms with Gasteiger partial charge >= 0.3 is 0 Å². The van der Waals surface area contributed by atoms with Crippen LogP contribution in [-0.2, 0) is 10.0 Å². The lowest BCUT2D eigenvalue weighted by Gasteiger charge is -2.16. The summed E-state index contributed by atoms with van der Waals surface area (Å²) in [6.45, 7) is 2.18. The number of anilines is 1. The van der Waals surface area contributed by atoms with Gasteiger partial charge in [0.25, 0.3) is 0 Å². The quantitative estimate of drug-likeness (QED) is 0.872. The predicted molar refractivity (Wildman–Crippen MR) is 77.7 cm³/mol. The highest BCUT2D eigenvalue weighted by atomic mass is 32.2. The van der Waals surface area contributed by atoms with Crippen LogP contribution in [0.25, 0.3) is 0 Å². The molecular weight excluding hydrogens is 260 g/mol. The van der Waals surface area contributed by atoms with Crippen LogP contribution in [0.2, 0.25) is 0 Å². The first-order valence-corrected chi connectivity index (χ1v) is 8.19. The first kappa shape index (κ1) is 14.3. The van der Waals surface area contributed by atoms with Gasteiger partial charge in [-0.25, -0.2) is 12.7 Å². The zero-order valence-electron chi connectivity index (χ0n) is 11.8. The van der Waals surface area contributed by atoms with Gasteiger partial charge in [-0.2, -0.15) is 0 Å². The molecule has 1 N–H and O–H groups in total. The molecule has 0 radical (unpaired) electrons. The molecule has 0 saturated heterocycles. The van der Waals surface area contributed by atoms with Crippen LogP contribution in [0.3, 0.4) is 0 Å². The van der Waals surface area contributed by atoms with E-state index in [0.717, 1.165) is 12.1 Å². The fraction of sp³-hybridized carbons (Fsp3) is 0.571. The zero-order valence-corrected chi connectivity index (χ0v) is 12.6. The number of sulfonamides is 1. The van der Waals surface area contributed by atoms with Crippen molar-refractivity contribution in [2.45, 2.75) is 37.1 Å². The van der Waals surface area contributed by atoms with E-state index in [1.54, 1.807) is 26.2 Å². The van der Waals surface area contributed by atoms with E-state index in [0.29, 0.717) is 16.9 Å². The van der Waals surface area contributed by atoms with Gasteiger partial charge in [0.15, 0.2) is 0 Å². The lowest BCUT2D eigenvalue weighted by Crippen LogP contribution is -2.23. The lowest BCUT2D eigenvalue weighted by molar-refractivity contribution is 0.521. The third kappa shape index (κ3) is 3.09. The van der Waals surface area contributed by atoms with E-state index in [9.17, 15) is 8.42 Å². The fourth-order valence-electron chi connectivity index (χ4n) is 2.32. The Morgan fingerprint density at radius 3 is 2.63 bits per heavy atom. The highest BCUT2D eigenvalue weighted by molar-refractivity contribution is 7.89. The smallest absolute Gasteiger partial charge is 0.244 e. The van der Waals surface area contributed by atoms with Gasteiger partial charge in [0, 0.05) is 20.1 Å². The van der Waals surface area contributed by atoms with Crippen molar-refractivity contribution in [3.05, 3.63) is 24.3 Å². The fourth-order valence-corrected chi connectivity index (χ4v) is 3.37. The Balaban J connectivity index is 2.19. The topological polar surface area (TPSA) is 49.4 Å². The van der Waals surface area contributed by atoms with Crippen LogP contribution < -0.4 is 5.32 Å². The van der Waals surface area contributed by atoms with E-state index in [4.69, 9.17) is 0 Å². The van der Waals surface area contributed by atoms with Gasteiger partial charge in [-0.15, -0.1) is 0 Å². The van der Waals surface area contributed by atoms with Crippen molar-refractivity contribution < 1.29 is 8.42 Å². The van der Waals surface area contributed by atoms with E-state index < -0.39 is 10.0 Å². The maximum absolute atomic E-state index is 12.2. The molecule has 1 aliphatic carbocycles. The second-order valence-electron chi connectivity index (χ2n) is 5.32. The third-order valence-corrected chi connectivity index (χ3v) is 5.44. The summed E-state index contributed by atoms with van der Waals surface area (Å²) in [5.41, 5.74) is 0.722. The first-order chi connectivity index (χ1) is 8.96. The Bertz CT molecular complexity index is 540. The summed E-state index contributed by atoms with van der Waals surface area (Å²) in [6.07, 6.45) is 3.53. The van der Waals surface area contributed by atoms with Gasteiger partial charge in [-0.05, 0) is 30.9 Å². The maximum Gasteiger partial charge on any atom is 0.244 e. The molecule has 5 heteroatoms. The van der Waals surface area contributed by atoms with Crippen molar-refractivity contribution in [3.63, 3.8) is 0 Å². The van der Waals surface area contributed by atoms with Crippen LogP contribution in [-0.4, -0.2) is 32.9 Å². The average molecular weight is 282 g/mol. The Morgan fingerprint density at radius 1 is 1.32 bits per heavy atom. The molecule has 0 aliphatic heterocycles. The molecule has 0 amide bonds. The molecule has 106 valence electrons. The highest BCUT2D eigenvalue weighted by Crippen LogP contribution is 2.38. The minimum Gasteiger partial charge on any atom is -0.381 e. The second kappa shape index (κ2) is 5.51. The summed E-state index contributed by atoms with van der Waals surface area (Å²) < 4.78 is 25.7. The van der Waals surface area contributed by atoms with Crippen LogP contribution in [0.4, 0.5) is 5.69 Å². The van der Waals surface area contributed by atoms with Crippen molar-refractivity contribution in [1.82, 2.24) is 4.31 Å². The van der Waals surface area contributed by atoms with Crippen molar-refractivity contribution in [3.8, 4) is 0 Å². The Kier molecular flexibility index (Phi) is 4.16. The molecule has 4 nitrogen and oxygen atoms in total. The lowest BCUT2D eigenvalue weighted by atomic mass is 10.2. The number of hydrogen-bond acceptors (Lipinski definition) is 3. The van der Waals surface area contributed by atoms with Gasteiger partial charge in [-0.1, -0.05) is 25.5 Å². The Hall–Kier alpha value is -1.07. The summed E-state index contributed by atoms with van der Waals surface area (Å²) in [5.74, 6) is 0.695. The molecule has 2 rings (SSSR count). The first-order valence-electron chi connectivity index (χ1n) is 6.75. The van der Waals surface area contributed by atoms with Crippen molar-refractivity contribution in [1.29, 1.82) is 0 Å². The van der Waals surface area contributed by atoms with Gasteiger partial charge in [0.2, 0.25) is 10.0 Å². The van der Waals surface area contributed by atoms with Crippen LogP contribution in [0.1, 0.15) is 26.2 Å². The normalized spacial score (nSPS) is 22.5. The molecule has 1 saturated carbocycles. The summed E-state index contributed by atoms with van der Waals surface area (Å²) in [5, 5.41) is 3.37. The largest absolute Gasteiger partial charge is 0.381 e. The summed E-state index contributed by atoms with van der Waals surface area (Å²) in [7, 11) is -0.267. The van der Waals surface area contributed by atoms with Crippen LogP contribution in [0, 0.1) is 5.92 Å². The van der Waals surface area contributed by atoms with E-state index in [2.05, 4.69) is 12.2 Å². The van der Waals surface area contributed by atoms with Crippen molar-refractivity contribution >= 4 is 15.7 Å². The molecule has 0 heterocycles. The van der Waals surface area contributed by atoms with Crippen LogP contribution >= 0.6 is 0 Å². The minimum atomic E-state index is -3.38. The number of nitrogens with zero attached hydrogens (tertiary/aromatic N) is 1. The summed E-state index contributed by atoms with van der Waals surface area (Å²) in [6, 6.07) is 7.57. The number of hydrogen-bond donors (Lipinski definition) is 1. The van der Waals surface area contributed by atoms with Crippen LogP contribution in [0.5, 0.6) is 0 Å². The van der Waals surface area contributed by atoms with Gasteiger partial charge in [0.05, 0.1) is 5.69 Å². The van der Waals surface area contributed by atoms with Gasteiger partial charge in [0.1, 0.15) is 4.90 Å². The second-order valence-corrected chi connectivity index (χ2v) is 7.44. The average Bonchev–Trinajstić information content (AvgIpc) is 3.08. The van der Waals surface area contributed by atoms with E-state index in [1.807, 2.05) is 12.1 Å². The molecular formula is C14H22N2O2S. The Morgan fingerprint density at radius 2 is 2.00 bits per heavy atom. The third-order valence-electron chi connectivity index (χ3n) is 3.57. The summed E-state index contributed by atoms with van der Waals surface area (Å²) in [4.78, 5) is 0.363. The molecule has 0 bridgehead atoms. The van der Waals surface area contributed by atoms with E-state index >= 15 is 0 Å². The molecule has 2 atom stereocenters. The monoisotopic (exact) mass is 282 g/mol. The number of benzene rings is 1. The molecule has 0 spiro atoms. The molecule has 0 aromatic heterocycles. The molecule has 1 aromatic rings. The van der Waals surface area contributed by atoms with Gasteiger partial charge < -0.3 is 5.32 Å². The minimum absolute atomic E-state index is 0.363. The number of rotatable bonds is 6. The van der Waals surface area contributed by atoms with Crippen LogP contribution in [0.15, 0.2) is 29.2 Å². The zero-order chi connectivity index (χ0) is 14.0. The molecule has 19 heavy (non-hydrogen) atoms. The standard InChI is InChI=1S/C14H22N2O2S/c1-4-7-11-10-13(11)15-12-8-5-6-9-14(12)19(17,18)16(2)3/h5-6,8-9,11,13,15H,4,7,10H2,1-3H3.